The van der Waals surface area contributed by atoms with Crippen LogP contribution in [0.2, 0.25) is 0 Å². The second-order valence-electron chi connectivity index (χ2n) is 5.79. The predicted molar refractivity (Wildman–Crippen MR) is 87.2 cm³/mol. The molecule has 0 saturated heterocycles. The Labute approximate surface area is 151 Å². The maximum absolute atomic E-state index is 12.8. The molecule has 7 nitrogen and oxygen atoms in total. The van der Waals surface area contributed by atoms with Crippen LogP contribution in [-0.2, 0) is 6.18 Å². The smallest absolute Gasteiger partial charge is 0.338 e. The third-order valence-corrected chi connectivity index (χ3v) is 4.51. The molecular weight excluding hydrogens is 369 g/mol. The molecule has 2 aromatic heterocycles. The highest BCUT2D eigenvalue weighted by Gasteiger charge is 2.31. The van der Waals surface area contributed by atoms with E-state index in [4.69, 9.17) is 4.52 Å². The number of halogens is 3. The zero-order valence-electron chi connectivity index (χ0n) is 14.1. The van der Waals surface area contributed by atoms with E-state index in [2.05, 4.69) is 25.7 Å². The zero-order valence-corrected chi connectivity index (χ0v) is 14.9. The van der Waals surface area contributed by atoms with Gasteiger partial charge < -0.3 is 4.52 Å². The van der Waals surface area contributed by atoms with Gasteiger partial charge in [-0.05, 0) is 43.3 Å². The summed E-state index contributed by atoms with van der Waals surface area (Å²) in [6, 6.07) is 4.88. The number of hydrogen-bond acceptors (Lipinski definition) is 7. The van der Waals surface area contributed by atoms with Gasteiger partial charge in [0.15, 0.2) is 0 Å². The maximum atomic E-state index is 12.8. The van der Waals surface area contributed by atoms with Crippen LogP contribution in [0.5, 0.6) is 0 Å². The van der Waals surface area contributed by atoms with E-state index >= 15 is 0 Å². The van der Waals surface area contributed by atoms with E-state index < -0.39 is 11.7 Å². The number of nitrogens with zero attached hydrogens (tertiary/aromatic N) is 6. The summed E-state index contributed by atoms with van der Waals surface area (Å²) in [4.78, 5) is 4.21. The number of aromatic nitrogens is 6. The predicted octanol–water partition coefficient (Wildman–Crippen LogP) is 4.18. The highest BCUT2D eigenvalue weighted by atomic mass is 32.2. The Morgan fingerprint density at radius 1 is 1.19 bits per heavy atom. The number of tetrazole rings is 1. The molecule has 11 heteroatoms. The molecule has 0 spiro atoms. The fourth-order valence-electron chi connectivity index (χ4n) is 2.15. The molecule has 0 fully saturated rings. The van der Waals surface area contributed by atoms with Crippen LogP contribution in [0.3, 0.4) is 0 Å². The molecule has 0 saturated carbocycles. The normalized spacial score (nSPS) is 13.3. The second kappa shape index (κ2) is 7.06. The van der Waals surface area contributed by atoms with E-state index in [1.54, 1.807) is 4.68 Å². The van der Waals surface area contributed by atoms with Crippen molar-refractivity contribution in [2.45, 2.75) is 43.4 Å². The lowest BCUT2D eigenvalue weighted by molar-refractivity contribution is -0.137. The van der Waals surface area contributed by atoms with Gasteiger partial charge in [-0.15, -0.1) is 5.10 Å². The maximum Gasteiger partial charge on any atom is 0.416 e. The summed E-state index contributed by atoms with van der Waals surface area (Å²) in [7, 11) is 0. The van der Waals surface area contributed by atoms with Gasteiger partial charge in [-0.3, -0.25) is 0 Å². The van der Waals surface area contributed by atoms with E-state index in [0.717, 1.165) is 12.1 Å². The minimum Gasteiger partial charge on any atom is -0.338 e. The molecule has 1 unspecified atom stereocenters. The topological polar surface area (TPSA) is 82.5 Å². The van der Waals surface area contributed by atoms with Crippen molar-refractivity contribution in [3.63, 3.8) is 0 Å². The fraction of sp³-hybridized carbons (Fsp3) is 0.400. The molecule has 0 amide bonds. The lowest BCUT2D eigenvalue weighted by atomic mass is 10.1. The van der Waals surface area contributed by atoms with Gasteiger partial charge >= 0.3 is 6.18 Å². The van der Waals surface area contributed by atoms with Crippen molar-refractivity contribution < 1.29 is 17.7 Å². The Hall–Kier alpha value is -2.43. The molecule has 1 aromatic carbocycles. The van der Waals surface area contributed by atoms with Crippen molar-refractivity contribution in [1.29, 1.82) is 0 Å². The van der Waals surface area contributed by atoms with Crippen LogP contribution in [0, 0.1) is 0 Å². The Morgan fingerprint density at radius 3 is 2.65 bits per heavy atom. The molecule has 0 radical (unpaired) electrons. The summed E-state index contributed by atoms with van der Waals surface area (Å²) < 4.78 is 45.4. The fourth-order valence-corrected chi connectivity index (χ4v) is 3.10. The van der Waals surface area contributed by atoms with Crippen molar-refractivity contribution in [2.75, 3.05) is 0 Å². The highest BCUT2D eigenvalue weighted by molar-refractivity contribution is 7.99. The van der Waals surface area contributed by atoms with Crippen LogP contribution in [-0.4, -0.2) is 30.3 Å². The number of rotatable bonds is 5. The van der Waals surface area contributed by atoms with Gasteiger partial charge in [-0.25, -0.2) is 4.68 Å². The standard InChI is InChI=1S/C15H15F3N6OS/c1-8(2)24-14(20-22-23-24)26-9(3)13-19-12(21-25-13)10-5-4-6-11(7-10)15(16,17)18/h4-9H,1-3H3. The third kappa shape index (κ3) is 3.87. The van der Waals surface area contributed by atoms with Gasteiger partial charge in [0.2, 0.25) is 16.9 Å². The summed E-state index contributed by atoms with van der Waals surface area (Å²) in [6.45, 7) is 5.72. The number of alkyl halides is 3. The Bertz CT molecular complexity index is 891. The van der Waals surface area contributed by atoms with Gasteiger partial charge in [-0.2, -0.15) is 18.2 Å². The summed E-state index contributed by atoms with van der Waals surface area (Å²) in [6.07, 6.45) is -4.43. The van der Waals surface area contributed by atoms with Crippen molar-refractivity contribution in [3.05, 3.63) is 35.7 Å². The first kappa shape index (κ1) is 18.4. The van der Waals surface area contributed by atoms with Crippen molar-refractivity contribution >= 4 is 11.8 Å². The molecule has 0 aliphatic rings. The monoisotopic (exact) mass is 384 g/mol. The van der Waals surface area contributed by atoms with Gasteiger partial charge in [0.25, 0.3) is 0 Å². The van der Waals surface area contributed by atoms with Gasteiger partial charge in [0.1, 0.15) is 0 Å². The molecule has 138 valence electrons. The summed E-state index contributed by atoms with van der Waals surface area (Å²) in [5.41, 5.74) is -0.529. The average Bonchev–Trinajstić information content (AvgIpc) is 3.23. The van der Waals surface area contributed by atoms with Crippen molar-refractivity contribution in [2.24, 2.45) is 0 Å². The van der Waals surface area contributed by atoms with E-state index in [1.165, 1.54) is 23.9 Å². The van der Waals surface area contributed by atoms with E-state index in [0.29, 0.717) is 5.16 Å². The third-order valence-electron chi connectivity index (χ3n) is 3.47. The largest absolute Gasteiger partial charge is 0.416 e. The number of benzene rings is 1. The van der Waals surface area contributed by atoms with E-state index in [9.17, 15) is 13.2 Å². The summed E-state index contributed by atoms with van der Waals surface area (Å²) in [5.74, 6) is 0.378. The highest BCUT2D eigenvalue weighted by Crippen LogP contribution is 2.35. The molecule has 1 atom stereocenters. The minimum atomic E-state index is -4.43. The van der Waals surface area contributed by atoms with Gasteiger partial charge in [0, 0.05) is 5.56 Å². The van der Waals surface area contributed by atoms with E-state index in [1.807, 2.05) is 20.8 Å². The zero-order chi connectivity index (χ0) is 18.9. The second-order valence-corrected chi connectivity index (χ2v) is 7.10. The first-order valence-electron chi connectivity index (χ1n) is 7.71. The Morgan fingerprint density at radius 2 is 1.96 bits per heavy atom. The lowest BCUT2D eigenvalue weighted by Gasteiger charge is -2.09. The average molecular weight is 384 g/mol. The van der Waals surface area contributed by atoms with Crippen LogP contribution in [0.1, 0.15) is 43.5 Å². The Balaban J connectivity index is 1.80. The van der Waals surface area contributed by atoms with Crippen molar-refractivity contribution in [3.8, 4) is 11.4 Å². The molecule has 3 rings (SSSR count). The molecule has 0 aliphatic heterocycles. The first-order chi connectivity index (χ1) is 12.3. The summed E-state index contributed by atoms with van der Waals surface area (Å²) in [5, 5.41) is 15.6. The molecule has 26 heavy (non-hydrogen) atoms. The number of hydrogen-bond donors (Lipinski definition) is 0. The van der Waals surface area contributed by atoms with E-state index in [-0.39, 0.29) is 28.6 Å². The van der Waals surface area contributed by atoms with Crippen LogP contribution in [0.15, 0.2) is 33.9 Å². The Kier molecular flexibility index (Phi) is 4.99. The van der Waals surface area contributed by atoms with Gasteiger partial charge in [-0.1, -0.05) is 29.1 Å². The number of thioether (sulfide) groups is 1. The van der Waals surface area contributed by atoms with Crippen LogP contribution in [0.4, 0.5) is 13.2 Å². The minimum absolute atomic E-state index is 0.0862. The lowest BCUT2D eigenvalue weighted by Crippen LogP contribution is -2.05. The molecule has 0 bridgehead atoms. The molecule has 0 N–H and O–H groups in total. The quantitative estimate of drug-likeness (QED) is 0.610. The van der Waals surface area contributed by atoms with Crippen LogP contribution in [0.25, 0.3) is 11.4 Å². The molecule has 2 heterocycles. The van der Waals surface area contributed by atoms with Gasteiger partial charge in [0.05, 0.1) is 16.9 Å². The summed E-state index contributed by atoms with van der Waals surface area (Å²) >= 11 is 1.32. The first-order valence-corrected chi connectivity index (χ1v) is 8.59. The molecular formula is C15H15F3N6OS. The SMILES string of the molecule is CC(Sc1nnnn1C(C)C)c1nc(-c2cccc(C(F)(F)F)c2)no1. The van der Waals surface area contributed by atoms with Crippen molar-refractivity contribution in [1.82, 2.24) is 30.3 Å². The van der Waals surface area contributed by atoms with Crippen LogP contribution >= 0.6 is 11.8 Å². The van der Waals surface area contributed by atoms with Crippen LogP contribution < -0.4 is 0 Å². The molecule has 0 aliphatic carbocycles. The molecule has 3 aromatic rings.